The van der Waals surface area contributed by atoms with Crippen molar-refractivity contribution in [2.24, 2.45) is 5.73 Å². The Morgan fingerprint density at radius 3 is 2.29 bits per heavy atom. The number of piperidine rings is 1. The van der Waals surface area contributed by atoms with Crippen molar-refractivity contribution in [1.82, 2.24) is 9.80 Å². The molecule has 0 saturated carbocycles. The van der Waals surface area contributed by atoms with Gasteiger partial charge in [-0.25, -0.2) is 0 Å². The summed E-state index contributed by atoms with van der Waals surface area (Å²) in [5.74, 6) is 2.58. The summed E-state index contributed by atoms with van der Waals surface area (Å²) in [6.45, 7) is 9.36. The second-order valence-corrected chi connectivity index (χ2v) is 6.59. The first-order valence-electron chi connectivity index (χ1n) is 7.06. The van der Waals surface area contributed by atoms with Crippen LogP contribution >= 0.6 is 11.8 Å². The predicted octanol–water partition coefficient (Wildman–Crippen LogP) is 1.24. The van der Waals surface area contributed by atoms with Gasteiger partial charge < -0.3 is 10.6 Å². The van der Waals surface area contributed by atoms with Crippen LogP contribution in [0.3, 0.4) is 0 Å². The van der Waals surface area contributed by atoms with Crippen molar-refractivity contribution in [3.8, 4) is 0 Å². The van der Waals surface area contributed by atoms with Crippen molar-refractivity contribution in [2.75, 3.05) is 50.8 Å². The van der Waals surface area contributed by atoms with E-state index in [4.69, 9.17) is 5.73 Å². The van der Waals surface area contributed by atoms with Gasteiger partial charge in [0.1, 0.15) is 0 Å². The number of nitrogens with zero attached hydrogens (tertiary/aromatic N) is 2. The maximum absolute atomic E-state index is 6.12. The van der Waals surface area contributed by atoms with Crippen LogP contribution in [0.25, 0.3) is 0 Å². The van der Waals surface area contributed by atoms with E-state index in [-0.39, 0.29) is 0 Å². The lowest BCUT2D eigenvalue weighted by molar-refractivity contribution is 0.0337. The SMILES string of the molecule is CCCN1CCC(CN)(N2CCSCC2)CC1. The van der Waals surface area contributed by atoms with Gasteiger partial charge in [-0.05, 0) is 38.9 Å². The molecule has 2 fully saturated rings. The molecular formula is C13H27N3S. The fraction of sp³-hybridized carbons (Fsp3) is 1.00. The highest BCUT2D eigenvalue weighted by molar-refractivity contribution is 7.99. The van der Waals surface area contributed by atoms with Crippen molar-refractivity contribution < 1.29 is 0 Å². The summed E-state index contributed by atoms with van der Waals surface area (Å²) in [5, 5.41) is 0. The molecule has 0 aromatic carbocycles. The van der Waals surface area contributed by atoms with Crippen molar-refractivity contribution in [3.63, 3.8) is 0 Å². The first-order chi connectivity index (χ1) is 8.30. The van der Waals surface area contributed by atoms with E-state index in [9.17, 15) is 0 Å². The summed E-state index contributed by atoms with van der Waals surface area (Å²) in [6.07, 6.45) is 3.82. The van der Waals surface area contributed by atoms with Crippen LogP contribution in [-0.4, -0.2) is 66.1 Å². The topological polar surface area (TPSA) is 32.5 Å². The van der Waals surface area contributed by atoms with Gasteiger partial charge in [-0.1, -0.05) is 6.92 Å². The van der Waals surface area contributed by atoms with Crippen molar-refractivity contribution in [2.45, 2.75) is 31.7 Å². The zero-order valence-corrected chi connectivity index (χ0v) is 12.0. The molecule has 4 heteroatoms. The molecule has 17 heavy (non-hydrogen) atoms. The number of rotatable bonds is 4. The molecular weight excluding hydrogens is 230 g/mol. The smallest absolute Gasteiger partial charge is 0.0356 e. The molecule has 100 valence electrons. The largest absolute Gasteiger partial charge is 0.329 e. The van der Waals surface area contributed by atoms with Crippen LogP contribution in [0.2, 0.25) is 0 Å². The number of nitrogens with two attached hydrogens (primary N) is 1. The van der Waals surface area contributed by atoms with Gasteiger partial charge in [0.2, 0.25) is 0 Å². The minimum atomic E-state index is 0.325. The molecule has 2 aliphatic heterocycles. The van der Waals surface area contributed by atoms with E-state index in [2.05, 4.69) is 28.5 Å². The Bertz CT molecular complexity index is 221. The molecule has 0 aromatic rings. The molecule has 0 aliphatic carbocycles. The number of likely N-dealkylation sites (tertiary alicyclic amines) is 1. The van der Waals surface area contributed by atoms with Crippen LogP contribution in [0.5, 0.6) is 0 Å². The zero-order chi connectivity index (χ0) is 12.1. The Labute approximate surface area is 110 Å². The van der Waals surface area contributed by atoms with E-state index in [0.29, 0.717) is 5.54 Å². The van der Waals surface area contributed by atoms with Crippen LogP contribution in [0.4, 0.5) is 0 Å². The summed E-state index contributed by atoms with van der Waals surface area (Å²) >= 11 is 2.09. The van der Waals surface area contributed by atoms with Crippen molar-refractivity contribution in [1.29, 1.82) is 0 Å². The third-order valence-electron chi connectivity index (χ3n) is 4.39. The van der Waals surface area contributed by atoms with Crippen LogP contribution in [0, 0.1) is 0 Å². The molecule has 0 bridgehead atoms. The van der Waals surface area contributed by atoms with Gasteiger partial charge >= 0.3 is 0 Å². The van der Waals surface area contributed by atoms with Gasteiger partial charge in [0, 0.05) is 36.7 Å². The summed E-state index contributed by atoms with van der Waals surface area (Å²) in [4.78, 5) is 5.29. The number of hydrogen-bond acceptors (Lipinski definition) is 4. The van der Waals surface area contributed by atoms with Crippen LogP contribution in [-0.2, 0) is 0 Å². The van der Waals surface area contributed by atoms with Gasteiger partial charge in [-0.2, -0.15) is 11.8 Å². The highest BCUT2D eigenvalue weighted by Gasteiger charge is 2.38. The maximum Gasteiger partial charge on any atom is 0.0356 e. The Kier molecular flexibility index (Phi) is 5.15. The molecule has 2 aliphatic rings. The fourth-order valence-corrected chi connectivity index (χ4v) is 4.10. The second kappa shape index (κ2) is 6.41. The van der Waals surface area contributed by atoms with Crippen LogP contribution < -0.4 is 5.73 Å². The molecule has 0 aromatic heterocycles. The third-order valence-corrected chi connectivity index (χ3v) is 5.33. The Morgan fingerprint density at radius 2 is 1.76 bits per heavy atom. The average Bonchev–Trinajstić information content (AvgIpc) is 2.41. The standard InChI is InChI=1S/C13H27N3S/c1-2-5-15-6-3-13(12-14,4-7-15)16-8-10-17-11-9-16/h2-12,14H2,1H3. The summed E-state index contributed by atoms with van der Waals surface area (Å²) < 4.78 is 0. The minimum absolute atomic E-state index is 0.325. The molecule has 0 unspecified atom stereocenters. The lowest BCUT2D eigenvalue weighted by atomic mass is 9.85. The van der Waals surface area contributed by atoms with Gasteiger partial charge in [0.15, 0.2) is 0 Å². The third kappa shape index (κ3) is 3.16. The lowest BCUT2D eigenvalue weighted by Gasteiger charge is -2.49. The van der Waals surface area contributed by atoms with E-state index in [0.717, 1.165) is 6.54 Å². The predicted molar refractivity (Wildman–Crippen MR) is 76.6 cm³/mol. The van der Waals surface area contributed by atoms with Crippen LogP contribution in [0.15, 0.2) is 0 Å². The number of hydrogen-bond donors (Lipinski definition) is 1. The molecule has 2 heterocycles. The van der Waals surface area contributed by atoms with E-state index >= 15 is 0 Å². The highest BCUT2D eigenvalue weighted by Crippen LogP contribution is 2.30. The molecule has 3 nitrogen and oxygen atoms in total. The van der Waals surface area contributed by atoms with E-state index in [1.54, 1.807) is 0 Å². The second-order valence-electron chi connectivity index (χ2n) is 5.37. The molecule has 0 atom stereocenters. The minimum Gasteiger partial charge on any atom is -0.329 e. The molecule has 0 spiro atoms. The maximum atomic E-state index is 6.12. The summed E-state index contributed by atoms with van der Waals surface area (Å²) in [6, 6.07) is 0. The van der Waals surface area contributed by atoms with E-state index in [1.165, 1.54) is 63.5 Å². The quantitative estimate of drug-likeness (QED) is 0.821. The Morgan fingerprint density at radius 1 is 1.12 bits per heavy atom. The van der Waals surface area contributed by atoms with Gasteiger partial charge in [-0.15, -0.1) is 0 Å². The van der Waals surface area contributed by atoms with Gasteiger partial charge in [0.05, 0.1) is 0 Å². The Hall–Kier alpha value is 0.230. The van der Waals surface area contributed by atoms with Gasteiger partial charge in [-0.3, -0.25) is 4.90 Å². The molecule has 0 amide bonds. The van der Waals surface area contributed by atoms with E-state index in [1.807, 2.05) is 0 Å². The zero-order valence-electron chi connectivity index (χ0n) is 11.2. The fourth-order valence-electron chi connectivity index (χ4n) is 3.20. The van der Waals surface area contributed by atoms with E-state index < -0.39 is 0 Å². The number of thioether (sulfide) groups is 1. The van der Waals surface area contributed by atoms with Gasteiger partial charge in [0.25, 0.3) is 0 Å². The van der Waals surface area contributed by atoms with Crippen LogP contribution in [0.1, 0.15) is 26.2 Å². The first kappa shape index (κ1) is 13.7. The highest BCUT2D eigenvalue weighted by atomic mass is 32.2. The average molecular weight is 257 g/mol. The lowest BCUT2D eigenvalue weighted by Crippen LogP contribution is -2.61. The monoisotopic (exact) mass is 257 g/mol. The first-order valence-corrected chi connectivity index (χ1v) is 8.21. The summed E-state index contributed by atoms with van der Waals surface area (Å²) in [7, 11) is 0. The molecule has 2 rings (SSSR count). The van der Waals surface area contributed by atoms with Crippen molar-refractivity contribution in [3.05, 3.63) is 0 Å². The Balaban J connectivity index is 1.92. The normalized spacial score (nSPS) is 27.2. The molecule has 2 saturated heterocycles. The molecule has 2 N–H and O–H groups in total. The molecule has 0 radical (unpaired) electrons. The van der Waals surface area contributed by atoms with Crippen molar-refractivity contribution >= 4 is 11.8 Å². The summed E-state index contributed by atoms with van der Waals surface area (Å²) in [5.41, 5.74) is 6.45.